The molecule has 0 spiro atoms. The minimum Gasteiger partial charge on any atom is -0.395 e. The summed E-state index contributed by atoms with van der Waals surface area (Å²) in [5.74, 6) is -0.836. The summed E-state index contributed by atoms with van der Waals surface area (Å²) in [5, 5.41) is 14.7. The van der Waals surface area contributed by atoms with Crippen LogP contribution in [0.2, 0.25) is 0 Å². The molecule has 102 valence electrons. The quantitative estimate of drug-likeness (QED) is 0.819. The van der Waals surface area contributed by atoms with Gasteiger partial charge in [-0.2, -0.15) is 4.37 Å². The summed E-state index contributed by atoms with van der Waals surface area (Å²) in [6.07, 6.45) is 1.24. The Labute approximate surface area is 118 Å². The monoisotopic (exact) mass is 289 g/mol. The highest BCUT2D eigenvalue weighted by atomic mass is 32.1. The van der Waals surface area contributed by atoms with Gasteiger partial charge in [0, 0.05) is 22.5 Å². The standard InChI is InChI=1S/C13H11N3O3S/c17-4-3-16-12(18)6-11(13(16)19)14-9-1-2-10-8(5-9)7-20-15-10/h1-2,5-7,14,17H,3-4H2. The molecule has 0 bridgehead atoms. The molecular weight excluding hydrogens is 278 g/mol. The van der Waals surface area contributed by atoms with E-state index in [1.165, 1.54) is 17.6 Å². The molecule has 20 heavy (non-hydrogen) atoms. The lowest BCUT2D eigenvalue weighted by atomic mass is 10.2. The van der Waals surface area contributed by atoms with E-state index in [0.717, 1.165) is 21.5 Å². The van der Waals surface area contributed by atoms with Crippen LogP contribution in [-0.2, 0) is 9.59 Å². The van der Waals surface area contributed by atoms with Gasteiger partial charge >= 0.3 is 0 Å². The van der Waals surface area contributed by atoms with E-state index in [9.17, 15) is 9.59 Å². The van der Waals surface area contributed by atoms with Crippen molar-refractivity contribution in [2.45, 2.75) is 0 Å². The summed E-state index contributed by atoms with van der Waals surface area (Å²) in [4.78, 5) is 24.6. The number of rotatable bonds is 4. The Morgan fingerprint density at radius 1 is 1.35 bits per heavy atom. The maximum Gasteiger partial charge on any atom is 0.277 e. The zero-order valence-electron chi connectivity index (χ0n) is 10.4. The Hall–Kier alpha value is -2.25. The summed E-state index contributed by atoms with van der Waals surface area (Å²) in [6, 6.07) is 5.52. The van der Waals surface area contributed by atoms with Crippen LogP contribution in [0, 0.1) is 0 Å². The number of aliphatic hydroxyl groups excluding tert-OH is 1. The number of carbonyl (C=O) groups is 2. The van der Waals surface area contributed by atoms with E-state index >= 15 is 0 Å². The number of aromatic nitrogens is 1. The van der Waals surface area contributed by atoms with E-state index in [1.54, 1.807) is 6.07 Å². The molecule has 7 heteroatoms. The Morgan fingerprint density at radius 3 is 3.00 bits per heavy atom. The lowest BCUT2D eigenvalue weighted by Gasteiger charge is -2.13. The lowest BCUT2D eigenvalue weighted by Crippen LogP contribution is -2.34. The molecule has 0 fully saturated rings. The molecule has 0 saturated carbocycles. The van der Waals surface area contributed by atoms with Gasteiger partial charge < -0.3 is 10.4 Å². The van der Waals surface area contributed by atoms with Gasteiger partial charge in [0.15, 0.2) is 0 Å². The molecule has 1 aromatic heterocycles. The third-order valence-electron chi connectivity index (χ3n) is 2.97. The fourth-order valence-corrected chi connectivity index (χ4v) is 2.65. The normalized spacial score (nSPS) is 15.1. The van der Waals surface area contributed by atoms with Crippen LogP contribution in [0.25, 0.3) is 10.9 Å². The predicted molar refractivity (Wildman–Crippen MR) is 75.1 cm³/mol. The average Bonchev–Trinajstić information content (AvgIpc) is 2.99. The molecule has 3 rings (SSSR count). The number of imide groups is 1. The van der Waals surface area contributed by atoms with Crippen LogP contribution in [0.3, 0.4) is 0 Å². The van der Waals surface area contributed by atoms with Gasteiger partial charge in [-0.05, 0) is 29.7 Å². The Kier molecular flexibility index (Phi) is 3.21. The van der Waals surface area contributed by atoms with Crippen molar-refractivity contribution in [3.63, 3.8) is 0 Å². The first-order chi connectivity index (χ1) is 9.69. The molecule has 2 aromatic rings. The van der Waals surface area contributed by atoms with E-state index in [-0.39, 0.29) is 18.8 Å². The van der Waals surface area contributed by atoms with Crippen molar-refractivity contribution in [3.05, 3.63) is 35.4 Å². The molecule has 1 aliphatic heterocycles. The number of β-amino-alcohol motifs (C(OH)–C–C–N with tert-alkyl or cyclic N) is 1. The van der Waals surface area contributed by atoms with Gasteiger partial charge in [0.2, 0.25) is 0 Å². The summed E-state index contributed by atoms with van der Waals surface area (Å²) < 4.78 is 4.20. The minimum atomic E-state index is -0.424. The number of anilines is 1. The average molecular weight is 289 g/mol. The molecule has 0 unspecified atom stereocenters. The van der Waals surface area contributed by atoms with Gasteiger partial charge in [-0.3, -0.25) is 14.5 Å². The number of amides is 2. The second kappa shape index (κ2) is 5.03. The van der Waals surface area contributed by atoms with Crippen molar-refractivity contribution >= 4 is 39.9 Å². The fourth-order valence-electron chi connectivity index (χ4n) is 2.02. The lowest BCUT2D eigenvalue weighted by molar-refractivity contribution is -0.137. The van der Waals surface area contributed by atoms with Crippen LogP contribution in [-0.4, -0.2) is 39.3 Å². The smallest absolute Gasteiger partial charge is 0.277 e. The first-order valence-electron chi connectivity index (χ1n) is 5.98. The van der Waals surface area contributed by atoms with Gasteiger partial charge in [0.25, 0.3) is 11.8 Å². The van der Waals surface area contributed by atoms with Gasteiger partial charge in [-0.25, -0.2) is 0 Å². The second-order valence-corrected chi connectivity index (χ2v) is 4.92. The summed E-state index contributed by atoms with van der Waals surface area (Å²) in [5.41, 5.74) is 1.83. The van der Waals surface area contributed by atoms with Crippen molar-refractivity contribution in [3.8, 4) is 0 Å². The van der Waals surface area contributed by atoms with E-state index in [4.69, 9.17) is 5.11 Å². The highest BCUT2D eigenvalue weighted by molar-refractivity contribution is 7.04. The van der Waals surface area contributed by atoms with Crippen LogP contribution in [0.4, 0.5) is 5.69 Å². The van der Waals surface area contributed by atoms with Crippen molar-refractivity contribution in [1.29, 1.82) is 0 Å². The number of aliphatic hydroxyl groups is 1. The van der Waals surface area contributed by atoms with Crippen molar-refractivity contribution < 1.29 is 14.7 Å². The largest absolute Gasteiger partial charge is 0.395 e. The van der Waals surface area contributed by atoms with Crippen LogP contribution < -0.4 is 5.32 Å². The molecule has 0 saturated heterocycles. The zero-order chi connectivity index (χ0) is 14.1. The van der Waals surface area contributed by atoms with Gasteiger partial charge in [-0.1, -0.05) is 0 Å². The molecule has 1 aliphatic rings. The molecular formula is C13H11N3O3S. The third kappa shape index (κ3) is 2.17. The van der Waals surface area contributed by atoms with E-state index in [1.807, 2.05) is 17.5 Å². The number of fused-ring (bicyclic) bond motifs is 1. The fraction of sp³-hybridized carbons (Fsp3) is 0.154. The topological polar surface area (TPSA) is 82.5 Å². The zero-order valence-corrected chi connectivity index (χ0v) is 11.2. The van der Waals surface area contributed by atoms with Crippen LogP contribution in [0.15, 0.2) is 35.4 Å². The predicted octanol–water partition coefficient (Wildman–Crippen LogP) is 0.953. The third-order valence-corrected chi connectivity index (χ3v) is 3.63. The molecule has 1 aromatic carbocycles. The van der Waals surface area contributed by atoms with Crippen LogP contribution in [0.5, 0.6) is 0 Å². The number of nitrogens with zero attached hydrogens (tertiary/aromatic N) is 2. The van der Waals surface area contributed by atoms with E-state index in [0.29, 0.717) is 0 Å². The number of hydrogen-bond donors (Lipinski definition) is 2. The van der Waals surface area contributed by atoms with Crippen molar-refractivity contribution in [1.82, 2.24) is 9.27 Å². The van der Waals surface area contributed by atoms with E-state index < -0.39 is 11.8 Å². The number of hydrogen-bond acceptors (Lipinski definition) is 6. The highest BCUT2D eigenvalue weighted by Crippen LogP contribution is 2.22. The summed E-state index contributed by atoms with van der Waals surface area (Å²) in [6.45, 7) is -0.238. The van der Waals surface area contributed by atoms with Gasteiger partial charge in [0.05, 0.1) is 18.7 Å². The van der Waals surface area contributed by atoms with E-state index in [2.05, 4.69) is 9.69 Å². The molecule has 0 radical (unpaired) electrons. The SMILES string of the molecule is O=C1C=C(Nc2ccc3nscc3c2)C(=O)N1CCO. The summed E-state index contributed by atoms with van der Waals surface area (Å²) in [7, 11) is 0. The Morgan fingerprint density at radius 2 is 2.20 bits per heavy atom. The Bertz CT molecular complexity index is 722. The van der Waals surface area contributed by atoms with Crippen LogP contribution in [0.1, 0.15) is 0 Å². The Balaban J connectivity index is 1.82. The molecule has 2 heterocycles. The number of nitrogens with one attached hydrogen (secondary N) is 1. The van der Waals surface area contributed by atoms with Crippen LogP contribution >= 0.6 is 11.5 Å². The molecule has 0 aliphatic carbocycles. The van der Waals surface area contributed by atoms with Crippen molar-refractivity contribution in [2.75, 3.05) is 18.5 Å². The number of carbonyl (C=O) groups excluding carboxylic acids is 2. The highest BCUT2D eigenvalue weighted by Gasteiger charge is 2.30. The first-order valence-corrected chi connectivity index (χ1v) is 6.82. The van der Waals surface area contributed by atoms with Gasteiger partial charge in [-0.15, -0.1) is 0 Å². The molecule has 0 atom stereocenters. The second-order valence-electron chi connectivity index (χ2n) is 4.29. The van der Waals surface area contributed by atoms with Crippen molar-refractivity contribution in [2.24, 2.45) is 0 Å². The van der Waals surface area contributed by atoms with Gasteiger partial charge in [0.1, 0.15) is 5.70 Å². The molecule has 6 nitrogen and oxygen atoms in total. The molecule has 2 N–H and O–H groups in total. The summed E-state index contributed by atoms with van der Waals surface area (Å²) >= 11 is 1.36. The maximum atomic E-state index is 12.0. The minimum absolute atomic E-state index is 0.00678. The molecule has 2 amide bonds. The first kappa shape index (κ1) is 12.8. The number of benzene rings is 1. The maximum absolute atomic E-state index is 12.0.